The van der Waals surface area contributed by atoms with Gasteiger partial charge in [0.1, 0.15) is 6.54 Å². The summed E-state index contributed by atoms with van der Waals surface area (Å²) in [6.07, 6.45) is 0. The molecule has 3 nitrogen and oxygen atoms in total. The highest BCUT2D eigenvalue weighted by molar-refractivity contribution is 6.14. The van der Waals surface area contributed by atoms with E-state index in [2.05, 4.69) is 9.73 Å². The Kier molecular flexibility index (Phi) is 4.66. The average Bonchev–Trinajstić information content (AvgIpc) is 2.50. The van der Waals surface area contributed by atoms with E-state index in [4.69, 9.17) is 0 Å². The van der Waals surface area contributed by atoms with Gasteiger partial charge in [-0.25, -0.2) is 0 Å². The molecule has 0 bridgehead atoms. The second kappa shape index (κ2) is 6.66. The summed E-state index contributed by atoms with van der Waals surface area (Å²) >= 11 is 0. The van der Waals surface area contributed by atoms with E-state index in [0.29, 0.717) is 0 Å². The Balaban J connectivity index is 2.45. The minimum absolute atomic E-state index is 0.0229. The zero-order valence-electron chi connectivity index (χ0n) is 11.7. The highest BCUT2D eigenvalue weighted by atomic mass is 16.5. The van der Waals surface area contributed by atoms with Crippen LogP contribution in [0.2, 0.25) is 0 Å². The second-order valence-corrected chi connectivity index (χ2v) is 4.42. The van der Waals surface area contributed by atoms with Crippen molar-refractivity contribution < 1.29 is 9.53 Å². The van der Waals surface area contributed by atoms with Crippen molar-refractivity contribution in [3.8, 4) is 0 Å². The molecule has 0 saturated carbocycles. The van der Waals surface area contributed by atoms with E-state index < -0.39 is 0 Å². The molecule has 0 saturated heterocycles. The Hall–Kier alpha value is -2.42. The first kappa shape index (κ1) is 14.0. The maximum absolute atomic E-state index is 11.3. The van der Waals surface area contributed by atoms with Gasteiger partial charge in [0, 0.05) is 11.1 Å². The predicted octanol–water partition coefficient (Wildman–Crippen LogP) is 3.01. The topological polar surface area (TPSA) is 38.7 Å². The number of benzene rings is 2. The number of aliphatic imine (C=N–C) groups is 1. The molecule has 0 N–H and O–H groups in total. The smallest absolute Gasteiger partial charge is 0.327 e. The van der Waals surface area contributed by atoms with Gasteiger partial charge in [0.2, 0.25) is 0 Å². The van der Waals surface area contributed by atoms with E-state index in [1.165, 1.54) is 7.11 Å². The second-order valence-electron chi connectivity index (χ2n) is 4.42. The molecule has 0 aliphatic heterocycles. The first-order valence-corrected chi connectivity index (χ1v) is 6.45. The van der Waals surface area contributed by atoms with E-state index in [9.17, 15) is 4.79 Å². The minimum atomic E-state index is -0.341. The van der Waals surface area contributed by atoms with Crippen LogP contribution in [0.1, 0.15) is 16.7 Å². The summed E-state index contributed by atoms with van der Waals surface area (Å²) in [5.41, 5.74) is 3.96. The summed E-state index contributed by atoms with van der Waals surface area (Å²) in [5.74, 6) is -0.341. The number of ether oxygens (including phenoxy) is 1. The standard InChI is InChI=1S/C17H17NO2/c1-13-8-6-7-11-15(13)17(18-12-16(19)20-2)14-9-4-3-5-10-14/h3-11H,12H2,1-2H3. The summed E-state index contributed by atoms with van der Waals surface area (Å²) in [6, 6.07) is 17.9. The van der Waals surface area contributed by atoms with Gasteiger partial charge in [-0.2, -0.15) is 0 Å². The molecule has 0 spiro atoms. The number of carbonyl (C=O) groups excluding carboxylic acids is 1. The molecule has 0 amide bonds. The van der Waals surface area contributed by atoms with Crippen molar-refractivity contribution in [2.24, 2.45) is 4.99 Å². The van der Waals surface area contributed by atoms with Crippen molar-refractivity contribution in [1.82, 2.24) is 0 Å². The quantitative estimate of drug-likeness (QED) is 0.631. The summed E-state index contributed by atoms with van der Waals surface area (Å²) in [4.78, 5) is 15.8. The largest absolute Gasteiger partial charge is 0.468 e. The molecule has 2 rings (SSSR count). The molecule has 0 aliphatic carbocycles. The van der Waals surface area contributed by atoms with Gasteiger partial charge in [0.25, 0.3) is 0 Å². The maximum atomic E-state index is 11.3. The third kappa shape index (κ3) is 3.32. The van der Waals surface area contributed by atoms with Crippen molar-refractivity contribution in [3.05, 3.63) is 71.3 Å². The summed E-state index contributed by atoms with van der Waals surface area (Å²) < 4.78 is 4.66. The van der Waals surface area contributed by atoms with Crippen LogP contribution in [0.3, 0.4) is 0 Å². The normalized spacial score (nSPS) is 11.2. The van der Waals surface area contributed by atoms with Gasteiger partial charge >= 0.3 is 5.97 Å². The SMILES string of the molecule is COC(=O)CN=C(c1ccccc1)c1ccccc1C. The number of esters is 1. The molecule has 20 heavy (non-hydrogen) atoms. The Bertz CT molecular complexity index is 618. The molecule has 0 unspecified atom stereocenters. The van der Waals surface area contributed by atoms with E-state index in [1.54, 1.807) is 0 Å². The van der Waals surface area contributed by atoms with E-state index >= 15 is 0 Å². The number of hydrogen-bond donors (Lipinski definition) is 0. The van der Waals surface area contributed by atoms with Gasteiger partial charge in [0.05, 0.1) is 12.8 Å². The molecule has 102 valence electrons. The fourth-order valence-electron chi connectivity index (χ4n) is 1.97. The lowest BCUT2D eigenvalue weighted by atomic mass is 9.98. The Morgan fingerprint density at radius 2 is 1.70 bits per heavy atom. The number of aryl methyl sites for hydroxylation is 1. The molecule has 0 atom stereocenters. The highest BCUT2D eigenvalue weighted by Gasteiger charge is 2.10. The Labute approximate surface area is 118 Å². The number of rotatable bonds is 4. The van der Waals surface area contributed by atoms with Crippen LogP contribution in [0.5, 0.6) is 0 Å². The molecule has 0 radical (unpaired) electrons. The maximum Gasteiger partial charge on any atom is 0.327 e. The van der Waals surface area contributed by atoms with Crippen molar-refractivity contribution in [2.45, 2.75) is 6.92 Å². The first-order valence-electron chi connectivity index (χ1n) is 6.45. The lowest BCUT2D eigenvalue weighted by Gasteiger charge is -2.10. The molecular formula is C17H17NO2. The van der Waals surface area contributed by atoms with Crippen LogP contribution in [-0.4, -0.2) is 25.3 Å². The van der Waals surface area contributed by atoms with Crippen LogP contribution in [0, 0.1) is 6.92 Å². The molecule has 0 aromatic heterocycles. The van der Waals surface area contributed by atoms with Gasteiger partial charge in [0.15, 0.2) is 0 Å². The zero-order valence-corrected chi connectivity index (χ0v) is 11.7. The predicted molar refractivity (Wildman–Crippen MR) is 80.1 cm³/mol. The van der Waals surface area contributed by atoms with E-state index in [1.807, 2.05) is 61.5 Å². The summed E-state index contributed by atoms with van der Waals surface area (Å²) in [7, 11) is 1.37. The average molecular weight is 267 g/mol. The molecule has 2 aromatic rings. The molecule has 0 fully saturated rings. The van der Waals surface area contributed by atoms with Crippen molar-refractivity contribution in [1.29, 1.82) is 0 Å². The number of carbonyl (C=O) groups is 1. The van der Waals surface area contributed by atoms with Gasteiger partial charge in [-0.1, -0.05) is 54.6 Å². The first-order chi connectivity index (χ1) is 9.72. The number of nitrogens with zero attached hydrogens (tertiary/aromatic N) is 1. The van der Waals surface area contributed by atoms with Crippen LogP contribution in [0.4, 0.5) is 0 Å². The van der Waals surface area contributed by atoms with Crippen LogP contribution >= 0.6 is 0 Å². The van der Waals surface area contributed by atoms with Gasteiger partial charge in [-0.15, -0.1) is 0 Å². The monoisotopic (exact) mass is 267 g/mol. The molecule has 2 aromatic carbocycles. The van der Waals surface area contributed by atoms with Crippen LogP contribution < -0.4 is 0 Å². The van der Waals surface area contributed by atoms with Gasteiger partial charge in [-0.05, 0) is 12.5 Å². The van der Waals surface area contributed by atoms with Gasteiger partial charge in [-0.3, -0.25) is 9.79 Å². The number of methoxy groups -OCH3 is 1. The zero-order chi connectivity index (χ0) is 14.4. The van der Waals surface area contributed by atoms with Gasteiger partial charge < -0.3 is 4.74 Å². The molecule has 0 heterocycles. The van der Waals surface area contributed by atoms with Crippen LogP contribution in [0.25, 0.3) is 0 Å². The summed E-state index contributed by atoms with van der Waals surface area (Å²) in [5, 5.41) is 0. The van der Waals surface area contributed by atoms with E-state index in [-0.39, 0.29) is 12.5 Å². The fourth-order valence-corrected chi connectivity index (χ4v) is 1.97. The van der Waals surface area contributed by atoms with Crippen molar-refractivity contribution in [2.75, 3.05) is 13.7 Å². The Morgan fingerprint density at radius 3 is 2.35 bits per heavy atom. The minimum Gasteiger partial charge on any atom is -0.468 e. The molecular weight excluding hydrogens is 250 g/mol. The van der Waals surface area contributed by atoms with Crippen molar-refractivity contribution in [3.63, 3.8) is 0 Å². The third-order valence-corrected chi connectivity index (χ3v) is 3.04. The third-order valence-electron chi connectivity index (χ3n) is 3.04. The van der Waals surface area contributed by atoms with Crippen LogP contribution in [0.15, 0.2) is 59.6 Å². The number of hydrogen-bond acceptors (Lipinski definition) is 3. The summed E-state index contributed by atoms with van der Waals surface area (Å²) in [6.45, 7) is 2.06. The lowest BCUT2D eigenvalue weighted by molar-refractivity contribution is -0.138. The molecule has 0 aliphatic rings. The van der Waals surface area contributed by atoms with E-state index in [0.717, 1.165) is 22.4 Å². The fraction of sp³-hybridized carbons (Fsp3) is 0.176. The van der Waals surface area contributed by atoms with Crippen LogP contribution in [-0.2, 0) is 9.53 Å². The van der Waals surface area contributed by atoms with Crippen molar-refractivity contribution >= 4 is 11.7 Å². The highest BCUT2D eigenvalue weighted by Crippen LogP contribution is 2.15. The Morgan fingerprint density at radius 1 is 1.05 bits per heavy atom. The lowest BCUT2D eigenvalue weighted by Crippen LogP contribution is -2.11. The molecule has 3 heteroatoms.